The molecule has 0 amide bonds. The van der Waals surface area contributed by atoms with Gasteiger partial charge in [-0.3, -0.25) is 0 Å². The standard InChI is InChI=1S/C11H19NOS2/c1-8-3-4-10(14-8)11(7-12)15-9(2)5-6-13/h3-4,9,11,13H,5-7,12H2,1-2H3. The maximum atomic E-state index is 8.85. The number of thioether (sulfide) groups is 1. The van der Waals surface area contributed by atoms with Gasteiger partial charge in [-0.25, -0.2) is 0 Å². The van der Waals surface area contributed by atoms with Crippen LogP contribution in [0.3, 0.4) is 0 Å². The molecule has 1 aromatic rings. The lowest BCUT2D eigenvalue weighted by atomic mass is 10.3. The van der Waals surface area contributed by atoms with Crippen LogP contribution >= 0.6 is 23.1 Å². The van der Waals surface area contributed by atoms with Gasteiger partial charge in [0.15, 0.2) is 0 Å². The molecule has 0 radical (unpaired) electrons. The van der Waals surface area contributed by atoms with Crippen molar-refractivity contribution in [2.45, 2.75) is 30.8 Å². The first-order valence-electron chi connectivity index (χ1n) is 5.20. The van der Waals surface area contributed by atoms with Gasteiger partial charge < -0.3 is 10.8 Å². The molecule has 1 rings (SSSR count). The minimum Gasteiger partial charge on any atom is -0.396 e. The summed E-state index contributed by atoms with van der Waals surface area (Å²) in [7, 11) is 0. The largest absolute Gasteiger partial charge is 0.396 e. The molecule has 15 heavy (non-hydrogen) atoms. The van der Waals surface area contributed by atoms with E-state index >= 15 is 0 Å². The van der Waals surface area contributed by atoms with Crippen LogP contribution in [0.4, 0.5) is 0 Å². The van der Waals surface area contributed by atoms with Crippen molar-refractivity contribution in [3.8, 4) is 0 Å². The Bertz CT molecular complexity index is 288. The summed E-state index contributed by atoms with van der Waals surface area (Å²) in [6, 6.07) is 4.30. The zero-order valence-corrected chi connectivity index (χ0v) is 10.9. The van der Waals surface area contributed by atoms with Crippen LogP contribution in [0.25, 0.3) is 0 Å². The molecule has 1 aromatic heterocycles. The smallest absolute Gasteiger partial charge is 0.0516 e. The second kappa shape index (κ2) is 6.53. The highest BCUT2D eigenvalue weighted by Crippen LogP contribution is 2.36. The minimum atomic E-state index is 0.259. The van der Waals surface area contributed by atoms with Crippen molar-refractivity contribution in [3.63, 3.8) is 0 Å². The quantitative estimate of drug-likeness (QED) is 0.809. The van der Waals surface area contributed by atoms with Gasteiger partial charge in [-0.2, -0.15) is 0 Å². The molecule has 2 nitrogen and oxygen atoms in total. The Kier molecular flexibility index (Phi) is 5.68. The van der Waals surface area contributed by atoms with E-state index in [1.165, 1.54) is 9.75 Å². The first kappa shape index (κ1) is 13.0. The average molecular weight is 245 g/mol. The number of nitrogens with two attached hydrogens (primary N) is 1. The highest BCUT2D eigenvalue weighted by atomic mass is 32.2. The number of aliphatic hydroxyl groups excluding tert-OH is 1. The van der Waals surface area contributed by atoms with Crippen LogP contribution < -0.4 is 5.73 Å². The molecule has 0 bridgehead atoms. The molecule has 0 fully saturated rings. The van der Waals surface area contributed by atoms with Crippen molar-refractivity contribution in [2.24, 2.45) is 5.73 Å². The minimum absolute atomic E-state index is 0.259. The molecule has 4 heteroatoms. The Labute approximate surface area is 99.9 Å². The zero-order chi connectivity index (χ0) is 11.3. The monoisotopic (exact) mass is 245 g/mol. The summed E-state index contributed by atoms with van der Waals surface area (Å²) in [6.07, 6.45) is 0.839. The van der Waals surface area contributed by atoms with Crippen molar-refractivity contribution >= 4 is 23.1 Å². The number of hydrogen-bond acceptors (Lipinski definition) is 4. The van der Waals surface area contributed by atoms with Gasteiger partial charge in [0.1, 0.15) is 0 Å². The summed E-state index contributed by atoms with van der Waals surface area (Å²) < 4.78 is 0. The maximum Gasteiger partial charge on any atom is 0.0516 e. The molecule has 0 aliphatic carbocycles. The molecule has 86 valence electrons. The summed E-state index contributed by atoms with van der Waals surface area (Å²) in [5, 5.41) is 9.70. The Morgan fingerprint density at radius 1 is 1.53 bits per heavy atom. The van der Waals surface area contributed by atoms with E-state index in [-0.39, 0.29) is 6.61 Å². The van der Waals surface area contributed by atoms with Gasteiger partial charge >= 0.3 is 0 Å². The summed E-state index contributed by atoms with van der Waals surface area (Å²) in [4.78, 5) is 2.68. The lowest BCUT2D eigenvalue weighted by molar-refractivity contribution is 0.289. The van der Waals surface area contributed by atoms with E-state index in [0.717, 1.165) is 6.42 Å². The predicted molar refractivity (Wildman–Crippen MR) is 69.6 cm³/mol. The Morgan fingerprint density at radius 3 is 2.73 bits per heavy atom. The van der Waals surface area contributed by atoms with Gasteiger partial charge in [-0.15, -0.1) is 23.1 Å². The topological polar surface area (TPSA) is 46.2 Å². The molecule has 1 heterocycles. The molecular formula is C11H19NOS2. The van der Waals surface area contributed by atoms with Crippen LogP contribution in [0.15, 0.2) is 12.1 Å². The van der Waals surface area contributed by atoms with Crippen molar-refractivity contribution in [1.82, 2.24) is 0 Å². The molecular weight excluding hydrogens is 226 g/mol. The fourth-order valence-electron chi connectivity index (χ4n) is 1.40. The SMILES string of the molecule is Cc1ccc(C(CN)SC(C)CCO)s1. The van der Waals surface area contributed by atoms with E-state index in [9.17, 15) is 0 Å². The van der Waals surface area contributed by atoms with Crippen LogP contribution in [-0.2, 0) is 0 Å². The number of thiophene rings is 1. The lowest BCUT2D eigenvalue weighted by Gasteiger charge is -2.17. The highest BCUT2D eigenvalue weighted by molar-refractivity contribution is 8.00. The van der Waals surface area contributed by atoms with Crippen molar-refractivity contribution in [2.75, 3.05) is 13.2 Å². The van der Waals surface area contributed by atoms with Gasteiger partial charge in [0.05, 0.1) is 5.25 Å². The van der Waals surface area contributed by atoms with Crippen molar-refractivity contribution in [1.29, 1.82) is 0 Å². The van der Waals surface area contributed by atoms with E-state index in [0.29, 0.717) is 17.0 Å². The van der Waals surface area contributed by atoms with Crippen LogP contribution in [0, 0.1) is 6.92 Å². The van der Waals surface area contributed by atoms with Gasteiger partial charge in [0, 0.05) is 28.2 Å². The molecule has 0 spiro atoms. The predicted octanol–water partition coefficient (Wildman–Crippen LogP) is 2.56. The lowest BCUT2D eigenvalue weighted by Crippen LogP contribution is -2.12. The van der Waals surface area contributed by atoms with E-state index in [4.69, 9.17) is 10.8 Å². The Morgan fingerprint density at radius 2 is 2.27 bits per heavy atom. The van der Waals surface area contributed by atoms with Crippen LogP contribution in [0.2, 0.25) is 0 Å². The fraction of sp³-hybridized carbons (Fsp3) is 0.636. The fourth-order valence-corrected chi connectivity index (χ4v) is 3.70. The first-order valence-corrected chi connectivity index (χ1v) is 6.96. The molecule has 2 atom stereocenters. The summed E-state index contributed by atoms with van der Waals surface area (Å²) in [5.41, 5.74) is 5.78. The number of aryl methyl sites for hydroxylation is 1. The third-order valence-electron chi connectivity index (χ3n) is 2.22. The van der Waals surface area contributed by atoms with E-state index in [1.54, 1.807) is 0 Å². The normalized spacial score (nSPS) is 15.2. The Hall–Kier alpha value is -0.0300. The van der Waals surface area contributed by atoms with Gasteiger partial charge in [-0.05, 0) is 25.5 Å². The second-order valence-electron chi connectivity index (χ2n) is 3.63. The van der Waals surface area contributed by atoms with Crippen molar-refractivity contribution in [3.05, 3.63) is 21.9 Å². The second-order valence-corrected chi connectivity index (χ2v) is 6.60. The van der Waals surface area contributed by atoms with E-state index in [2.05, 4.69) is 26.0 Å². The van der Waals surface area contributed by atoms with Crippen LogP contribution in [-0.4, -0.2) is 23.5 Å². The van der Waals surface area contributed by atoms with Gasteiger partial charge in [0.25, 0.3) is 0 Å². The zero-order valence-electron chi connectivity index (χ0n) is 9.27. The van der Waals surface area contributed by atoms with Crippen LogP contribution in [0.5, 0.6) is 0 Å². The highest BCUT2D eigenvalue weighted by Gasteiger charge is 2.15. The summed E-state index contributed by atoms with van der Waals surface area (Å²) in [6.45, 7) is 5.18. The first-order chi connectivity index (χ1) is 7.17. The Balaban J connectivity index is 2.56. The summed E-state index contributed by atoms with van der Waals surface area (Å²) >= 11 is 3.68. The molecule has 0 saturated carbocycles. The number of rotatable bonds is 6. The summed E-state index contributed by atoms with van der Waals surface area (Å²) in [5.74, 6) is 0. The van der Waals surface area contributed by atoms with E-state index < -0.39 is 0 Å². The third kappa shape index (κ3) is 4.15. The molecule has 3 N–H and O–H groups in total. The average Bonchev–Trinajstić information content (AvgIpc) is 2.61. The number of aliphatic hydroxyl groups is 1. The molecule has 0 aromatic carbocycles. The van der Waals surface area contributed by atoms with E-state index in [1.807, 2.05) is 23.1 Å². The molecule has 0 aliphatic heterocycles. The van der Waals surface area contributed by atoms with Gasteiger partial charge in [0.2, 0.25) is 0 Å². The molecule has 0 saturated heterocycles. The third-order valence-corrected chi connectivity index (χ3v) is 4.96. The van der Waals surface area contributed by atoms with Gasteiger partial charge in [-0.1, -0.05) is 6.92 Å². The maximum absolute atomic E-state index is 8.85. The van der Waals surface area contributed by atoms with Crippen molar-refractivity contribution < 1.29 is 5.11 Å². The molecule has 2 unspecified atom stereocenters. The number of hydrogen-bond donors (Lipinski definition) is 2. The molecule has 0 aliphatic rings. The van der Waals surface area contributed by atoms with Crippen LogP contribution in [0.1, 0.15) is 28.3 Å².